The minimum Gasteiger partial charge on any atom is -0.493 e. The number of nitrogens with one attached hydrogen (secondary N) is 1. The van der Waals surface area contributed by atoms with Crippen LogP contribution in [-0.4, -0.2) is 23.6 Å². The zero-order chi connectivity index (χ0) is 20.7. The Kier molecular flexibility index (Phi) is 7.14. The van der Waals surface area contributed by atoms with Crippen LogP contribution in [0.25, 0.3) is 0 Å². The Bertz CT molecular complexity index is 854. The van der Waals surface area contributed by atoms with E-state index in [1.807, 2.05) is 6.07 Å². The fourth-order valence-corrected chi connectivity index (χ4v) is 2.48. The van der Waals surface area contributed by atoms with Gasteiger partial charge in [0.2, 0.25) is 0 Å². The van der Waals surface area contributed by atoms with Crippen molar-refractivity contribution in [1.82, 2.24) is 0 Å². The van der Waals surface area contributed by atoms with E-state index < -0.39 is 9.85 Å². The van der Waals surface area contributed by atoms with Gasteiger partial charge in [-0.15, -0.1) is 0 Å². The van der Waals surface area contributed by atoms with Crippen LogP contribution in [0.15, 0.2) is 36.4 Å². The van der Waals surface area contributed by atoms with Gasteiger partial charge in [-0.25, -0.2) is 0 Å². The van der Waals surface area contributed by atoms with Crippen LogP contribution in [0.1, 0.15) is 25.8 Å². The molecule has 1 N–H and O–H groups in total. The van der Waals surface area contributed by atoms with Crippen molar-refractivity contribution >= 4 is 17.1 Å². The van der Waals surface area contributed by atoms with Crippen LogP contribution >= 0.6 is 0 Å². The van der Waals surface area contributed by atoms with E-state index in [2.05, 4.69) is 19.2 Å². The highest BCUT2D eigenvalue weighted by Gasteiger charge is 2.19. The SMILES string of the molecule is COc1cc(CNc2ccc([N+](=O)[O-])cc2[N+](=O)[O-])ccc1OCCC(C)C. The van der Waals surface area contributed by atoms with Gasteiger partial charge in [0, 0.05) is 12.6 Å². The number of rotatable bonds is 10. The van der Waals surface area contributed by atoms with E-state index in [0.29, 0.717) is 24.0 Å². The maximum atomic E-state index is 11.2. The maximum Gasteiger partial charge on any atom is 0.299 e. The summed E-state index contributed by atoms with van der Waals surface area (Å²) in [6, 6.07) is 8.90. The summed E-state index contributed by atoms with van der Waals surface area (Å²) >= 11 is 0. The average molecular weight is 389 g/mol. The predicted molar refractivity (Wildman–Crippen MR) is 105 cm³/mol. The van der Waals surface area contributed by atoms with E-state index in [4.69, 9.17) is 9.47 Å². The maximum absolute atomic E-state index is 11.2. The van der Waals surface area contributed by atoms with Gasteiger partial charge < -0.3 is 14.8 Å². The normalized spacial score (nSPS) is 10.6. The van der Waals surface area contributed by atoms with Gasteiger partial charge in [-0.2, -0.15) is 0 Å². The average Bonchev–Trinajstić information content (AvgIpc) is 2.66. The van der Waals surface area contributed by atoms with Crippen molar-refractivity contribution in [2.75, 3.05) is 19.0 Å². The summed E-state index contributed by atoms with van der Waals surface area (Å²) in [5.74, 6) is 1.74. The number of ether oxygens (including phenoxy) is 2. The Morgan fingerprint density at radius 2 is 1.79 bits per heavy atom. The van der Waals surface area contributed by atoms with E-state index in [1.165, 1.54) is 12.1 Å². The molecule has 0 heterocycles. The van der Waals surface area contributed by atoms with Gasteiger partial charge in [-0.05, 0) is 36.1 Å². The molecular formula is C19H23N3O6. The van der Waals surface area contributed by atoms with Crippen LogP contribution in [0.4, 0.5) is 17.1 Å². The highest BCUT2D eigenvalue weighted by Crippen LogP contribution is 2.31. The van der Waals surface area contributed by atoms with Crippen molar-refractivity contribution in [2.24, 2.45) is 5.92 Å². The Labute approximate surface area is 162 Å². The molecular weight excluding hydrogens is 366 g/mol. The molecule has 0 saturated carbocycles. The molecule has 0 aromatic heterocycles. The molecule has 0 atom stereocenters. The Balaban J connectivity index is 2.12. The molecule has 9 heteroatoms. The second-order valence-electron chi connectivity index (χ2n) is 6.59. The Morgan fingerprint density at radius 3 is 2.39 bits per heavy atom. The number of hydrogen-bond donors (Lipinski definition) is 1. The predicted octanol–water partition coefficient (Wildman–Crippen LogP) is 4.55. The van der Waals surface area contributed by atoms with Gasteiger partial charge in [0.1, 0.15) is 5.69 Å². The molecule has 0 aliphatic heterocycles. The number of nitro benzene ring substituents is 2. The smallest absolute Gasteiger partial charge is 0.299 e. The molecule has 2 rings (SSSR count). The molecule has 0 fully saturated rings. The topological polar surface area (TPSA) is 117 Å². The van der Waals surface area contributed by atoms with Crippen LogP contribution in [0.2, 0.25) is 0 Å². The van der Waals surface area contributed by atoms with Gasteiger partial charge in [0.25, 0.3) is 11.4 Å². The summed E-state index contributed by atoms with van der Waals surface area (Å²) in [7, 11) is 1.54. The third-order valence-electron chi connectivity index (χ3n) is 4.05. The van der Waals surface area contributed by atoms with Crippen molar-refractivity contribution < 1.29 is 19.3 Å². The van der Waals surface area contributed by atoms with E-state index in [0.717, 1.165) is 18.1 Å². The van der Waals surface area contributed by atoms with Crippen LogP contribution in [-0.2, 0) is 6.54 Å². The van der Waals surface area contributed by atoms with Crippen LogP contribution < -0.4 is 14.8 Å². The van der Waals surface area contributed by atoms with E-state index in [9.17, 15) is 20.2 Å². The molecule has 0 saturated heterocycles. The third kappa shape index (κ3) is 5.57. The fourth-order valence-electron chi connectivity index (χ4n) is 2.48. The molecule has 0 bridgehead atoms. The number of non-ortho nitro benzene ring substituents is 1. The van der Waals surface area contributed by atoms with Gasteiger partial charge in [-0.3, -0.25) is 20.2 Å². The number of benzene rings is 2. The number of nitro groups is 2. The lowest BCUT2D eigenvalue weighted by atomic mass is 10.1. The lowest BCUT2D eigenvalue weighted by molar-refractivity contribution is -0.393. The second kappa shape index (κ2) is 9.54. The van der Waals surface area contributed by atoms with Crippen molar-refractivity contribution in [3.05, 3.63) is 62.2 Å². The molecule has 9 nitrogen and oxygen atoms in total. The Hall–Kier alpha value is -3.36. The zero-order valence-electron chi connectivity index (χ0n) is 16.0. The molecule has 0 aliphatic carbocycles. The molecule has 0 aliphatic rings. The van der Waals surface area contributed by atoms with Gasteiger partial charge in [0.05, 0.1) is 29.6 Å². The summed E-state index contributed by atoms with van der Waals surface area (Å²) < 4.78 is 11.1. The minimum atomic E-state index is -0.667. The van der Waals surface area contributed by atoms with Crippen molar-refractivity contribution in [1.29, 1.82) is 0 Å². The van der Waals surface area contributed by atoms with Crippen LogP contribution in [0, 0.1) is 26.1 Å². The van der Waals surface area contributed by atoms with Gasteiger partial charge in [0.15, 0.2) is 11.5 Å². The number of methoxy groups -OCH3 is 1. The lowest BCUT2D eigenvalue weighted by Crippen LogP contribution is -2.05. The Morgan fingerprint density at radius 1 is 1.04 bits per heavy atom. The summed E-state index contributed by atoms with van der Waals surface area (Å²) in [6.07, 6.45) is 0.927. The van der Waals surface area contributed by atoms with E-state index in [1.54, 1.807) is 19.2 Å². The first-order valence-corrected chi connectivity index (χ1v) is 8.78. The molecule has 2 aromatic rings. The summed E-state index contributed by atoms with van der Waals surface area (Å²) in [5.41, 5.74) is 0.337. The lowest BCUT2D eigenvalue weighted by Gasteiger charge is -2.14. The first-order valence-electron chi connectivity index (χ1n) is 8.78. The zero-order valence-corrected chi connectivity index (χ0v) is 16.0. The standard InChI is InChI=1S/C19H23N3O6/c1-13(2)8-9-28-18-7-4-14(10-19(18)27-3)12-20-16-6-5-15(21(23)24)11-17(16)22(25)26/h4-7,10-11,13,20H,8-9,12H2,1-3H3. The van der Waals surface area contributed by atoms with Crippen molar-refractivity contribution in [3.8, 4) is 11.5 Å². The minimum absolute atomic E-state index is 0.201. The molecule has 0 unspecified atom stereocenters. The van der Waals surface area contributed by atoms with Gasteiger partial charge >= 0.3 is 0 Å². The quantitative estimate of drug-likeness (QED) is 0.468. The van der Waals surface area contributed by atoms with Crippen LogP contribution in [0.3, 0.4) is 0 Å². The monoisotopic (exact) mass is 389 g/mol. The number of nitrogens with zero attached hydrogens (tertiary/aromatic N) is 2. The molecule has 150 valence electrons. The van der Waals surface area contributed by atoms with Crippen molar-refractivity contribution in [2.45, 2.75) is 26.8 Å². The number of hydrogen-bond acceptors (Lipinski definition) is 7. The van der Waals surface area contributed by atoms with Crippen LogP contribution in [0.5, 0.6) is 11.5 Å². The molecule has 0 spiro atoms. The molecule has 0 amide bonds. The largest absolute Gasteiger partial charge is 0.493 e. The third-order valence-corrected chi connectivity index (χ3v) is 4.05. The number of anilines is 1. The molecule has 0 radical (unpaired) electrons. The van der Waals surface area contributed by atoms with Crippen molar-refractivity contribution in [3.63, 3.8) is 0 Å². The van der Waals surface area contributed by atoms with Gasteiger partial charge in [-0.1, -0.05) is 19.9 Å². The van der Waals surface area contributed by atoms with E-state index >= 15 is 0 Å². The summed E-state index contributed by atoms with van der Waals surface area (Å²) in [5, 5.41) is 25.0. The molecule has 28 heavy (non-hydrogen) atoms. The summed E-state index contributed by atoms with van der Waals surface area (Å²) in [4.78, 5) is 20.7. The fraction of sp³-hybridized carbons (Fsp3) is 0.368. The second-order valence-corrected chi connectivity index (χ2v) is 6.59. The first-order chi connectivity index (χ1) is 13.3. The van der Waals surface area contributed by atoms with E-state index in [-0.39, 0.29) is 23.6 Å². The highest BCUT2D eigenvalue weighted by molar-refractivity contribution is 5.65. The summed E-state index contributed by atoms with van der Waals surface area (Å²) in [6.45, 7) is 5.10. The first kappa shape index (κ1) is 20.9. The molecule has 2 aromatic carbocycles. The highest BCUT2D eigenvalue weighted by atomic mass is 16.6.